The van der Waals surface area contributed by atoms with Crippen LogP contribution in [-0.4, -0.2) is 25.6 Å². The highest BCUT2D eigenvalue weighted by molar-refractivity contribution is 9.10. The van der Waals surface area contributed by atoms with Crippen LogP contribution in [0.5, 0.6) is 0 Å². The molecule has 3 aromatic rings. The molecule has 0 fully saturated rings. The molecule has 0 bridgehead atoms. The van der Waals surface area contributed by atoms with E-state index in [2.05, 4.69) is 26.2 Å². The summed E-state index contributed by atoms with van der Waals surface area (Å²) in [5.41, 5.74) is 0.834. The number of carbonyl (C=O) groups excluding carboxylic acids is 1. The predicted molar refractivity (Wildman–Crippen MR) is 121 cm³/mol. The van der Waals surface area contributed by atoms with Crippen molar-refractivity contribution in [2.24, 2.45) is 0 Å². The van der Waals surface area contributed by atoms with Crippen molar-refractivity contribution in [3.8, 4) is 0 Å². The third-order valence-electron chi connectivity index (χ3n) is 4.33. The fourth-order valence-electron chi connectivity index (χ4n) is 2.81. The first-order chi connectivity index (χ1) is 14.3. The molecule has 1 heterocycles. The molecule has 2 aromatic carbocycles. The zero-order chi connectivity index (χ0) is 21.8. The first-order valence-electron chi connectivity index (χ1n) is 9.22. The maximum atomic E-state index is 13.0. The van der Waals surface area contributed by atoms with Gasteiger partial charge in [0.25, 0.3) is 11.2 Å². The van der Waals surface area contributed by atoms with Crippen molar-refractivity contribution in [2.75, 3.05) is 5.32 Å². The van der Waals surface area contributed by atoms with Crippen LogP contribution in [0, 0.1) is 10.1 Å². The van der Waals surface area contributed by atoms with Gasteiger partial charge in [-0.1, -0.05) is 34.6 Å². The molecule has 1 amide bonds. The van der Waals surface area contributed by atoms with Crippen LogP contribution in [0.3, 0.4) is 0 Å². The summed E-state index contributed by atoms with van der Waals surface area (Å²) in [6, 6.07) is 10.9. The monoisotopic (exact) mass is 490 g/mol. The van der Waals surface area contributed by atoms with Gasteiger partial charge in [-0.2, -0.15) is 0 Å². The van der Waals surface area contributed by atoms with E-state index in [-0.39, 0.29) is 17.2 Å². The van der Waals surface area contributed by atoms with E-state index in [9.17, 15) is 19.7 Å². The third-order valence-corrected chi connectivity index (χ3v) is 5.91. The maximum absolute atomic E-state index is 13.0. The molecule has 0 aliphatic rings. The van der Waals surface area contributed by atoms with Gasteiger partial charge in [0.15, 0.2) is 5.16 Å². The average molecular weight is 491 g/mol. The van der Waals surface area contributed by atoms with E-state index >= 15 is 0 Å². The number of nitro benzene ring substituents is 1. The number of rotatable bonds is 7. The van der Waals surface area contributed by atoms with Crippen LogP contribution in [0.2, 0.25) is 0 Å². The number of anilines is 1. The van der Waals surface area contributed by atoms with E-state index < -0.39 is 10.2 Å². The van der Waals surface area contributed by atoms with Crippen LogP contribution >= 0.6 is 27.7 Å². The van der Waals surface area contributed by atoms with Crippen molar-refractivity contribution in [2.45, 2.75) is 37.2 Å². The van der Waals surface area contributed by atoms with Crippen LogP contribution in [0.15, 0.2) is 56.9 Å². The van der Waals surface area contributed by atoms with Gasteiger partial charge in [0.1, 0.15) is 0 Å². The molecule has 1 unspecified atom stereocenters. The molecule has 0 saturated carbocycles. The molecule has 1 N–H and O–H groups in total. The zero-order valence-corrected chi connectivity index (χ0v) is 18.7. The molecule has 0 aliphatic heterocycles. The molecular formula is C20H19BrN4O4S. The lowest BCUT2D eigenvalue weighted by molar-refractivity contribution is -0.384. The van der Waals surface area contributed by atoms with E-state index in [1.54, 1.807) is 23.6 Å². The van der Waals surface area contributed by atoms with Crippen molar-refractivity contribution in [3.63, 3.8) is 0 Å². The maximum Gasteiger partial charge on any atom is 0.269 e. The van der Waals surface area contributed by atoms with Crippen LogP contribution in [0.1, 0.15) is 20.3 Å². The van der Waals surface area contributed by atoms with Crippen molar-refractivity contribution in [1.29, 1.82) is 0 Å². The van der Waals surface area contributed by atoms with Crippen molar-refractivity contribution in [1.82, 2.24) is 9.55 Å². The topological polar surface area (TPSA) is 107 Å². The van der Waals surface area contributed by atoms with E-state index in [1.165, 1.54) is 36.0 Å². The molecule has 0 spiro atoms. The fourth-order valence-corrected chi connectivity index (χ4v) is 4.10. The number of halogens is 1. The fraction of sp³-hybridized carbons (Fsp3) is 0.250. The molecule has 10 heteroatoms. The Bertz CT molecular complexity index is 1160. The summed E-state index contributed by atoms with van der Waals surface area (Å²) in [5.74, 6) is -0.290. The molecule has 3 rings (SSSR count). The van der Waals surface area contributed by atoms with Gasteiger partial charge in [-0.15, -0.1) is 0 Å². The second-order valence-electron chi connectivity index (χ2n) is 6.57. The number of thioether (sulfide) groups is 1. The number of aromatic nitrogens is 2. The minimum atomic E-state index is -0.539. The molecule has 0 radical (unpaired) electrons. The van der Waals surface area contributed by atoms with Gasteiger partial charge < -0.3 is 5.32 Å². The number of carbonyl (C=O) groups is 1. The Morgan fingerprint density at radius 1 is 1.30 bits per heavy atom. The SMILES string of the molecule is CCCn1c(SC(C)C(=O)Nc2ccc([N+](=O)[O-])cc2)nc2ccc(Br)cc2c1=O. The minimum absolute atomic E-state index is 0.0500. The van der Waals surface area contributed by atoms with Gasteiger partial charge in [0, 0.05) is 28.8 Å². The summed E-state index contributed by atoms with van der Waals surface area (Å²) < 4.78 is 2.39. The Balaban J connectivity index is 1.84. The molecule has 8 nitrogen and oxygen atoms in total. The van der Waals surface area contributed by atoms with Gasteiger partial charge in [-0.3, -0.25) is 24.3 Å². The molecule has 156 valence electrons. The highest BCUT2D eigenvalue weighted by Crippen LogP contribution is 2.25. The lowest BCUT2D eigenvalue weighted by Gasteiger charge is -2.16. The van der Waals surface area contributed by atoms with Crippen molar-refractivity contribution >= 4 is 55.9 Å². The predicted octanol–water partition coefficient (Wildman–Crippen LogP) is 4.60. The average Bonchev–Trinajstić information content (AvgIpc) is 2.71. The Morgan fingerprint density at radius 3 is 2.63 bits per heavy atom. The van der Waals surface area contributed by atoms with Gasteiger partial charge in [-0.25, -0.2) is 4.98 Å². The van der Waals surface area contributed by atoms with E-state index in [0.29, 0.717) is 28.3 Å². The van der Waals surface area contributed by atoms with Crippen LogP contribution in [-0.2, 0) is 11.3 Å². The Morgan fingerprint density at radius 2 is 2.00 bits per heavy atom. The number of nitro groups is 1. The van der Waals surface area contributed by atoms with Gasteiger partial charge >= 0.3 is 0 Å². The number of fused-ring (bicyclic) bond motifs is 1. The normalized spacial score (nSPS) is 12.0. The standard InChI is InChI=1S/C20H19BrN4O4S/c1-3-10-24-19(27)16-11-13(21)4-9-17(16)23-20(24)30-12(2)18(26)22-14-5-7-15(8-6-14)25(28)29/h4-9,11-12H,3,10H2,1-2H3,(H,22,26). The van der Waals surface area contributed by atoms with E-state index in [1.807, 2.05) is 13.0 Å². The first-order valence-corrected chi connectivity index (χ1v) is 10.9. The summed E-state index contributed by atoms with van der Waals surface area (Å²) in [5, 5.41) is 13.9. The Labute approximate surface area is 185 Å². The lowest BCUT2D eigenvalue weighted by Crippen LogP contribution is -2.27. The van der Waals surface area contributed by atoms with Gasteiger partial charge in [0.05, 0.1) is 21.1 Å². The summed E-state index contributed by atoms with van der Waals surface area (Å²) in [6.07, 6.45) is 0.748. The highest BCUT2D eigenvalue weighted by Gasteiger charge is 2.20. The van der Waals surface area contributed by atoms with Crippen LogP contribution < -0.4 is 10.9 Å². The number of nitrogens with zero attached hydrogens (tertiary/aromatic N) is 3. The molecular weight excluding hydrogens is 472 g/mol. The van der Waals surface area contributed by atoms with Crippen LogP contribution in [0.4, 0.5) is 11.4 Å². The number of hydrogen-bond acceptors (Lipinski definition) is 6. The molecule has 30 heavy (non-hydrogen) atoms. The van der Waals surface area contributed by atoms with E-state index in [0.717, 1.165) is 10.9 Å². The third kappa shape index (κ3) is 4.88. The number of non-ortho nitro benzene ring substituents is 1. The Kier molecular flexibility index (Phi) is 6.88. The lowest BCUT2D eigenvalue weighted by atomic mass is 10.2. The largest absolute Gasteiger partial charge is 0.325 e. The second-order valence-corrected chi connectivity index (χ2v) is 8.79. The molecule has 0 aliphatic carbocycles. The zero-order valence-electron chi connectivity index (χ0n) is 16.3. The summed E-state index contributed by atoms with van der Waals surface area (Å²) in [4.78, 5) is 40.4. The Hall–Kier alpha value is -2.72. The smallest absolute Gasteiger partial charge is 0.269 e. The molecule has 1 atom stereocenters. The second kappa shape index (κ2) is 9.40. The molecule has 1 aromatic heterocycles. The van der Waals surface area contributed by atoms with Gasteiger partial charge in [-0.05, 0) is 43.7 Å². The summed E-state index contributed by atoms with van der Waals surface area (Å²) in [6.45, 7) is 4.18. The van der Waals surface area contributed by atoms with E-state index in [4.69, 9.17) is 0 Å². The van der Waals surface area contributed by atoms with Crippen LogP contribution in [0.25, 0.3) is 10.9 Å². The summed E-state index contributed by atoms with van der Waals surface area (Å²) >= 11 is 4.58. The minimum Gasteiger partial charge on any atom is -0.325 e. The van der Waals surface area contributed by atoms with Gasteiger partial charge in [0.2, 0.25) is 5.91 Å². The number of nitrogens with one attached hydrogen (secondary N) is 1. The highest BCUT2D eigenvalue weighted by atomic mass is 79.9. The number of benzene rings is 2. The number of hydrogen-bond donors (Lipinski definition) is 1. The van der Waals surface area contributed by atoms with Crippen molar-refractivity contribution < 1.29 is 9.72 Å². The first kappa shape index (κ1) is 22.0. The molecule has 0 saturated heterocycles. The number of amides is 1. The quantitative estimate of drug-likeness (QED) is 0.224. The summed E-state index contributed by atoms with van der Waals surface area (Å²) in [7, 11) is 0. The van der Waals surface area contributed by atoms with Crippen molar-refractivity contribution in [3.05, 3.63) is 67.4 Å².